The van der Waals surface area contributed by atoms with E-state index in [1.165, 1.54) is 11.1 Å². The van der Waals surface area contributed by atoms with Gasteiger partial charge in [0.15, 0.2) is 0 Å². The Bertz CT molecular complexity index is 535. The van der Waals surface area contributed by atoms with E-state index >= 15 is 0 Å². The van der Waals surface area contributed by atoms with E-state index in [1.54, 1.807) is 6.92 Å². The van der Waals surface area contributed by atoms with Gasteiger partial charge in [-0.2, -0.15) is 0 Å². The number of hydrogen-bond donors (Lipinski definition) is 0. The Morgan fingerprint density at radius 1 is 1.06 bits per heavy atom. The Labute approximate surface area is 102 Å². The molecule has 0 aliphatic carbocycles. The second-order valence-electron chi connectivity index (χ2n) is 5.41. The summed E-state index contributed by atoms with van der Waals surface area (Å²) in [6.45, 7) is 10.5. The molecule has 3 heteroatoms. The zero-order valence-electron chi connectivity index (χ0n) is 11.0. The highest BCUT2D eigenvalue weighted by Gasteiger charge is 2.16. The van der Waals surface area contributed by atoms with Crippen LogP contribution in [0.15, 0.2) is 22.6 Å². The molecule has 0 unspecified atom stereocenters. The molecule has 0 N–H and O–H groups in total. The third-order valence-electron chi connectivity index (χ3n) is 2.85. The number of rotatable bonds is 1. The van der Waals surface area contributed by atoms with Gasteiger partial charge in [0, 0.05) is 12.5 Å². The first kappa shape index (κ1) is 11.8. The van der Waals surface area contributed by atoms with Crippen LogP contribution in [0.3, 0.4) is 0 Å². The molecule has 0 saturated heterocycles. The quantitative estimate of drug-likeness (QED) is 0.750. The van der Waals surface area contributed by atoms with E-state index in [-0.39, 0.29) is 5.41 Å². The zero-order chi connectivity index (χ0) is 12.6. The summed E-state index contributed by atoms with van der Waals surface area (Å²) in [7, 11) is 0. The second kappa shape index (κ2) is 3.99. The monoisotopic (exact) mass is 230 g/mol. The maximum Gasteiger partial charge on any atom is 0.247 e. The lowest BCUT2D eigenvalue weighted by Crippen LogP contribution is -2.11. The molecule has 0 spiro atoms. The first-order valence-corrected chi connectivity index (χ1v) is 5.79. The molecule has 90 valence electrons. The minimum Gasteiger partial charge on any atom is -0.421 e. The van der Waals surface area contributed by atoms with Crippen LogP contribution < -0.4 is 0 Å². The predicted octanol–water partition coefficient (Wildman–Crippen LogP) is 3.65. The highest BCUT2D eigenvalue weighted by molar-refractivity contribution is 5.59. The van der Waals surface area contributed by atoms with Crippen LogP contribution >= 0.6 is 0 Å². The van der Waals surface area contributed by atoms with Crippen LogP contribution in [0.1, 0.15) is 37.8 Å². The number of benzene rings is 1. The Morgan fingerprint density at radius 2 is 1.76 bits per heavy atom. The van der Waals surface area contributed by atoms with Gasteiger partial charge in [-0.15, -0.1) is 10.2 Å². The van der Waals surface area contributed by atoms with Crippen molar-refractivity contribution in [1.82, 2.24) is 10.2 Å². The van der Waals surface area contributed by atoms with Gasteiger partial charge in [0.05, 0.1) is 0 Å². The molecule has 1 aromatic heterocycles. The van der Waals surface area contributed by atoms with Crippen molar-refractivity contribution >= 4 is 0 Å². The normalized spacial score (nSPS) is 11.8. The smallest absolute Gasteiger partial charge is 0.247 e. The average Bonchev–Trinajstić information content (AvgIpc) is 2.63. The van der Waals surface area contributed by atoms with Gasteiger partial charge < -0.3 is 4.42 Å². The topological polar surface area (TPSA) is 38.9 Å². The highest BCUT2D eigenvalue weighted by Crippen LogP contribution is 2.28. The summed E-state index contributed by atoms with van der Waals surface area (Å²) < 4.78 is 5.45. The van der Waals surface area contributed by atoms with Crippen molar-refractivity contribution in [3.8, 4) is 11.5 Å². The SMILES string of the molecule is Cc1nnc(-c2ccc(C(C)(C)C)cc2C)o1. The van der Waals surface area contributed by atoms with Crippen LogP contribution in [0.4, 0.5) is 0 Å². The molecule has 2 aromatic rings. The largest absolute Gasteiger partial charge is 0.421 e. The molecule has 0 fully saturated rings. The molecule has 1 aromatic carbocycles. The van der Waals surface area contributed by atoms with Crippen LogP contribution in [0.2, 0.25) is 0 Å². The van der Waals surface area contributed by atoms with E-state index in [0.717, 1.165) is 5.56 Å². The molecular formula is C14H18N2O. The average molecular weight is 230 g/mol. The van der Waals surface area contributed by atoms with Crippen molar-refractivity contribution in [1.29, 1.82) is 0 Å². The highest BCUT2D eigenvalue weighted by atomic mass is 16.4. The summed E-state index contributed by atoms with van der Waals surface area (Å²) in [5.74, 6) is 1.19. The predicted molar refractivity (Wildman–Crippen MR) is 67.9 cm³/mol. The molecule has 2 rings (SSSR count). The van der Waals surface area contributed by atoms with Crippen LogP contribution in [0.5, 0.6) is 0 Å². The van der Waals surface area contributed by atoms with E-state index < -0.39 is 0 Å². The third-order valence-corrected chi connectivity index (χ3v) is 2.85. The van der Waals surface area contributed by atoms with Gasteiger partial charge in [-0.05, 0) is 29.5 Å². The van der Waals surface area contributed by atoms with Crippen LogP contribution in [-0.2, 0) is 5.41 Å². The first-order chi connectivity index (χ1) is 7.88. The van der Waals surface area contributed by atoms with Crippen molar-refractivity contribution < 1.29 is 4.42 Å². The summed E-state index contributed by atoms with van der Waals surface area (Å²) >= 11 is 0. The van der Waals surface area contributed by atoms with Crippen molar-refractivity contribution in [2.45, 2.75) is 40.0 Å². The molecule has 0 atom stereocenters. The van der Waals surface area contributed by atoms with E-state index in [0.29, 0.717) is 11.8 Å². The molecule has 0 radical (unpaired) electrons. The van der Waals surface area contributed by atoms with E-state index in [2.05, 4.69) is 56.1 Å². The standard InChI is InChI=1S/C14H18N2O/c1-9-8-11(14(3,4)5)6-7-12(9)13-16-15-10(2)17-13/h6-8H,1-5H3. The number of aryl methyl sites for hydroxylation is 2. The molecule has 0 aliphatic rings. The molecule has 0 saturated carbocycles. The Balaban J connectivity index is 2.45. The van der Waals surface area contributed by atoms with Gasteiger partial charge in [-0.25, -0.2) is 0 Å². The summed E-state index contributed by atoms with van der Waals surface area (Å²) in [6, 6.07) is 6.37. The number of aromatic nitrogens is 2. The minimum absolute atomic E-state index is 0.161. The van der Waals surface area contributed by atoms with Gasteiger partial charge in [0.1, 0.15) is 0 Å². The molecule has 3 nitrogen and oxygen atoms in total. The summed E-state index contributed by atoms with van der Waals surface area (Å²) in [4.78, 5) is 0. The summed E-state index contributed by atoms with van der Waals surface area (Å²) in [5.41, 5.74) is 3.66. The Hall–Kier alpha value is -1.64. The lowest BCUT2D eigenvalue weighted by molar-refractivity contribution is 0.532. The van der Waals surface area contributed by atoms with Gasteiger partial charge in [-0.1, -0.05) is 32.9 Å². The van der Waals surface area contributed by atoms with E-state index in [1.807, 2.05) is 0 Å². The van der Waals surface area contributed by atoms with Crippen molar-refractivity contribution in [2.75, 3.05) is 0 Å². The fourth-order valence-corrected chi connectivity index (χ4v) is 1.78. The molecular weight excluding hydrogens is 212 g/mol. The van der Waals surface area contributed by atoms with Gasteiger partial charge in [0.2, 0.25) is 11.8 Å². The van der Waals surface area contributed by atoms with Crippen LogP contribution in [0, 0.1) is 13.8 Å². The second-order valence-corrected chi connectivity index (χ2v) is 5.41. The Morgan fingerprint density at radius 3 is 2.24 bits per heavy atom. The zero-order valence-corrected chi connectivity index (χ0v) is 11.0. The lowest BCUT2D eigenvalue weighted by Gasteiger charge is -2.20. The van der Waals surface area contributed by atoms with E-state index in [9.17, 15) is 0 Å². The minimum atomic E-state index is 0.161. The fraction of sp³-hybridized carbons (Fsp3) is 0.429. The number of hydrogen-bond acceptors (Lipinski definition) is 3. The maximum atomic E-state index is 5.45. The molecule has 0 aliphatic heterocycles. The first-order valence-electron chi connectivity index (χ1n) is 5.79. The van der Waals surface area contributed by atoms with Gasteiger partial charge >= 0.3 is 0 Å². The summed E-state index contributed by atoms with van der Waals surface area (Å²) in [5, 5.41) is 7.91. The van der Waals surface area contributed by atoms with Crippen LogP contribution in [-0.4, -0.2) is 10.2 Å². The molecule has 17 heavy (non-hydrogen) atoms. The van der Waals surface area contributed by atoms with Gasteiger partial charge in [-0.3, -0.25) is 0 Å². The molecule has 0 amide bonds. The molecule has 0 bridgehead atoms. The number of nitrogens with zero attached hydrogens (tertiary/aromatic N) is 2. The van der Waals surface area contributed by atoms with Crippen LogP contribution in [0.25, 0.3) is 11.5 Å². The van der Waals surface area contributed by atoms with Crippen molar-refractivity contribution in [3.05, 3.63) is 35.2 Å². The Kier molecular flexibility index (Phi) is 2.77. The maximum absolute atomic E-state index is 5.45. The fourth-order valence-electron chi connectivity index (χ4n) is 1.78. The summed E-state index contributed by atoms with van der Waals surface area (Å²) in [6.07, 6.45) is 0. The van der Waals surface area contributed by atoms with Crippen molar-refractivity contribution in [3.63, 3.8) is 0 Å². The molecule has 1 heterocycles. The lowest BCUT2D eigenvalue weighted by atomic mass is 9.85. The van der Waals surface area contributed by atoms with E-state index in [4.69, 9.17) is 4.42 Å². The third kappa shape index (κ3) is 2.38. The van der Waals surface area contributed by atoms with Gasteiger partial charge in [0.25, 0.3) is 0 Å². The van der Waals surface area contributed by atoms with Crippen molar-refractivity contribution in [2.24, 2.45) is 0 Å².